The molecule has 1 aromatic rings. The Balaban J connectivity index is 2.14. The molecule has 3 heteroatoms. The van der Waals surface area contributed by atoms with Crippen LogP contribution in [-0.4, -0.2) is 23.9 Å². The molecule has 0 radical (unpaired) electrons. The number of aliphatic hydroxyl groups is 1. The highest BCUT2D eigenvalue weighted by Crippen LogP contribution is 2.38. The van der Waals surface area contributed by atoms with E-state index in [2.05, 4.69) is 6.92 Å². The fourth-order valence-electron chi connectivity index (χ4n) is 3.38. The molecule has 2 nitrogen and oxygen atoms in total. The predicted octanol–water partition coefficient (Wildman–Crippen LogP) is 4.15. The van der Waals surface area contributed by atoms with E-state index >= 15 is 0 Å². The molecule has 1 N–H and O–H groups in total. The quantitative estimate of drug-likeness (QED) is 0.904. The molecule has 0 spiro atoms. The Labute approximate surface area is 127 Å². The van der Waals surface area contributed by atoms with E-state index < -0.39 is 11.7 Å². The van der Waals surface area contributed by atoms with Gasteiger partial charge >= 0.3 is 0 Å². The molecule has 3 atom stereocenters. The maximum absolute atomic E-state index is 10.7. The Hall–Kier alpha value is -0.570. The highest BCUT2D eigenvalue weighted by atomic mass is 35.5. The molecule has 0 aliphatic heterocycles. The molecule has 1 fully saturated rings. The van der Waals surface area contributed by atoms with Crippen LogP contribution in [0.15, 0.2) is 18.2 Å². The lowest BCUT2D eigenvalue weighted by Gasteiger charge is -2.42. The summed E-state index contributed by atoms with van der Waals surface area (Å²) < 4.78 is 5.75. The van der Waals surface area contributed by atoms with Crippen molar-refractivity contribution in [3.05, 3.63) is 34.3 Å². The van der Waals surface area contributed by atoms with Gasteiger partial charge in [-0.15, -0.1) is 0 Å². The first kappa shape index (κ1) is 15.8. The standard InChI is InChI=1S/C17H25ClO2/c1-12-6-7-14(15(18)9-12)10-16(19)17(20-3)8-4-5-13(2)11-17/h6-7,9,13,16,19H,4-5,8,10-11H2,1-3H3. The van der Waals surface area contributed by atoms with Crippen LogP contribution in [0.3, 0.4) is 0 Å². The predicted molar refractivity (Wildman–Crippen MR) is 83.3 cm³/mol. The molecular weight excluding hydrogens is 272 g/mol. The van der Waals surface area contributed by atoms with Gasteiger partial charge in [-0.3, -0.25) is 0 Å². The Kier molecular flexibility index (Phi) is 5.11. The monoisotopic (exact) mass is 296 g/mol. The minimum absolute atomic E-state index is 0.411. The zero-order valence-electron chi connectivity index (χ0n) is 12.7. The average Bonchev–Trinajstić information content (AvgIpc) is 2.41. The highest BCUT2D eigenvalue weighted by molar-refractivity contribution is 6.31. The summed E-state index contributed by atoms with van der Waals surface area (Å²) in [6.07, 6.45) is 4.25. The number of methoxy groups -OCH3 is 1. The molecule has 0 aromatic heterocycles. The van der Waals surface area contributed by atoms with Gasteiger partial charge in [-0.1, -0.05) is 43.5 Å². The zero-order valence-corrected chi connectivity index (χ0v) is 13.4. The summed E-state index contributed by atoms with van der Waals surface area (Å²) >= 11 is 6.28. The molecule has 3 unspecified atom stereocenters. The molecule has 1 saturated carbocycles. The number of aryl methyl sites for hydroxylation is 1. The molecule has 1 aliphatic carbocycles. The molecule has 0 heterocycles. The topological polar surface area (TPSA) is 29.5 Å². The average molecular weight is 297 g/mol. The van der Waals surface area contributed by atoms with Crippen molar-refractivity contribution >= 4 is 11.6 Å². The van der Waals surface area contributed by atoms with E-state index in [1.807, 2.05) is 25.1 Å². The molecule has 0 saturated heterocycles. The summed E-state index contributed by atoms with van der Waals surface area (Å²) in [5.41, 5.74) is 1.73. The van der Waals surface area contributed by atoms with Crippen LogP contribution in [0.25, 0.3) is 0 Å². The largest absolute Gasteiger partial charge is 0.390 e. The maximum atomic E-state index is 10.7. The third kappa shape index (κ3) is 3.36. The van der Waals surface area contributed by atoms with Crippen molar-refractivity contribution in [3.63, 3.8) is 0 Å². The zero-order chi connectivity index (χ0) is 14.8. The second kappa shape index (κ2) is 6.46. The maximum Gasteiger partial charge on any atom is 0.0942 e. The van der Waals surface area contributed by atoms with Gasteiger partial charge in [-0.2, -0.15) is 0 Å². The van der Waals surface area contributed by atoms with Crippen LogP contribution < -0.4 is 0 Å². The number of aliphatic hydroxyl groups excluding tert-OH is 1. The number of ether oxygens (including phenoxy) is 1. The Morgan fingerprint density at radius 1 is 1.50 bits per heavy atom. The minimum Gasteiger partial charge on any atom is -0.390 e. The first-order valence-electron chi connectivity index (χ1n) is 7.45. The molecule has 112 valence electrons. The third-order valence-corrected chi connectivity index (χ3v) is 4.98. The molecule has 0 amide bonds. The van der Waals surface area contributed by atoms with Gasteiger partial charge in [0.2, 0.25) is 0 Å². The van der Waals surface area contributed by atoms with Crippen molar-refractivity contribution in [1.82, 2.24) is 0 Å². The van der Waals surface area contributed by atoms with E-state index in [0.717, 1.165) is 35.4 Å². The number of benzene rings is 1. The lowest BCUT2D eigenvalue weighted by Crippen LogP contribution is -2.48. The van der Waals surface area contributed by atoms with Gasteiger partial charge < -0.3 is 9.84 Å². The summed E-state index contributed by atoms with van der Waals surface area (Å²) in [6, 6.07) is 6.00. The van der Waals surface area contributed by atoms with Crippen LogP contribution in [0.1, 0.15) is 43.7 Å². The van der Waals surface area contributed by atoms with Crippen LogP contribution in [0, 0.1) is 12.8 Å². The second-order valence-corrected chi connectivity index (χ2v) is 6.69. The summed E-state index contributed by atoms with van der Waals surface area (Å²) in [5.74, 6) is 0.604. The van der Waals surface area contributed by atoms with Gasteiger partial charge in [-0.05, 0) is 42.9 Å². The van der Waals surface area contributed by atoms with Crippen molar-refractivity contribution in [2.24, 2.45) is 5.92 Å². The minimum atomic E-state index is -0.504. The van der Waals surface area contributed by atoms with E-state index in [4.69, 9.17) is 16.3 Å². The van der Waals surface area contributed by atoms with Crippen LogP contribution in [0.2, 0.25) is 5.02 Å². The van der Waals surface area contributed by atoms with Gasteiger partial charge in [-0.25, -0.2) is 0 Å². The van der Waals surface area contributed by atoms with Gasteiger partial charge in [0.1, 0.15) is 0 Å². The lowest BCUT2D eigenvalue weighted by atomic mass is 9.74. The number of rotatable bonds is 4. The molecule has 1 aliphatic rings. The molecule has 2 rings (SSSR count). The van der Waals surface area contributed by atoms with Crippen LogP contribution >= 0.6 is 11.6 Å². The van der Waals surface area contributed by atoms with Crippen molar-refractivity contribution in [1.29, 1.82) is 0 Å². The summed E-state index contributed by atoms with van der Waals surface area (Å²) in [4.78, 5) is 0. The third-order valence-electron chi connectivity index (χ3n) is 4.63. The fraction of sp³-hybridized carbons (Fsp3) is 0.647. The van der Waals surface area contributed by atoms with Crippen LogP contribution in [0.4, 0.5) is 0 Å². The van der Waals surface area contributed by atoms with E-state index in [1.165, 1.54) is 6.42 Å². The lowest BCUT2D eigenvalue weighted by molar-refractivity contribution is -0.131. The number of halogens is 1. The van der Waals surface area contributed by atoms with Gasteiger partial charge in [0.15, 0.2) is 0 Å². The Morgan fingerprint density at radius 3 is 2.85 bits per heavy atom. The van der Waals surface area contributed by atoms with Gasteiger partial charge in [0.05, 0.1) is 11.7 Å². The van der Waals surface area contributed by atoms with Crippen molar-refractivity contribution in [2.45, 2.75) is 57.7 Å². The molecular formula is C17H25ClO2. The number of hydrogen-bond acceptors (Lipinski definition) is 2. The highest BCUT2D eigenvalue weighted by Gasteiger charge is 2.41. The second-order valence-electron chi connectivity index (χ2n) is 6.29. The van der Waals surface area contributed by atoms with E-state index in [-0.39, 0.29) is 0 Å². The van der Waals surface area contributed by atoms with Gasteiger partial charge in [0.25, 0.3) is 0 Å². The Morgan fingerprint density at radius 2 is 2.25 bits per heavy atom. The van der Waals surface area contributed by atoms with Crippen molar-refractivity contribution < 1.29 is 9.84 Å². The van der Waals surface area contributed by atoms with Gasteiger partial charge in [0, 0.05) is 18.6 Å². The molecule has 0 bridgehead atoms. The van der Waals surface area contributed by atoms with E-state index in [0.29, 0.717) is 12.3 Å². The van der Waals surface area contributed by atoms with E-state index in [9.17, 15) is 5.11 Å². The van der Waals surface area contributed by atoms with Crippen LogP contribution in [0.5, 0.6) is 0 Å². The normalized spacial score (nSPS) is 28.4. The van der Waals surface area contributed by atoms with Crippen molar-refractivity contribution in [2.75, 3.05) is 7.11 Å². The molecule has 1 aromatic carbocycles. The van der Waals surface area contributed by atoms with Crippen molar-refractivity contribution in [3.8, 4) is 0 Å². The first-order valence-corrected chi connectivity index (χ1v) is 7.83. The SMILES string of the molecule is COC1(C(O)Cc2ccc(C)cc2Cl)CCCC(C)C1. The van der Waals surface area contributed by atoms with Crippen LogP contribution in [-0.2, 0) is 11.2 Å². The smallest absolute Gasteiger partial charge is 0.0942 e. The fourth-order valence-corrected chi connectivity index (χ4v) is 3.69. The summed E-state index contributed by atoms with van der Waals surface area (Å²) in [6.45, 7) is 4.25. The summed E-state index contributed by atoms with van der Waals surface area (Å²) in [7, 11) is 1.72. The summed E-state index contributed by atoms with van der Waals surface area (Å²) in [5, 5.41) is 11.4. The number of hydrogen-bond donors (Lipinski definition) is 1. The first-order chi connectivity index (χ1) is 9.47. The molecule has 20 heavy (non-hydrogen) atoms. The Bertz CT molecular complexity index is 460. The van der Waals surface area contributed by atoms with E-state index in [1.54, 1.807) is 7.11 Å².